The molecule has 0 fully saturated rings. The second-order valence-corrected chi connectivity index (χ2v) is 3.98. The number of hydrogen-bond donors (Lipinski definition) is 1. The predicted molar refractivity (Wildman–Crippen MR) is 45.7 cm³/mol. The molecule has 0 aliphatic rings. The Kier molecular flexibility index (Phi) is 10.7. The summed E-state index contributed by atoms with van der Waals surface area (Å²) in [6.07, 6.45) is 0.527. The summed E-state index contributed by atoms with van der Waals surface area (Å²) in [5.74, 6) is -0.115. The fraction of sp³-hybridized carbons (Fsp3) is 1.00. The third-order valence-electron chi connectivity index (χ3n) is 0.536. The van der Waals surface area contributed by atoms with Crippen molar-refractivity contribution >= 4 is 84.1 Å². The quantitative estimate of drug-likeness (QED) is 0.352. The molecule has 0 saturated heterocycles. The van der Waals surface area contributed by atoms with Crippen molar-refractivity contribution in [1.29, 1.82) is 0 Å². The minimum Gasteiger partial charge on any atom is -0.286 e. The first-order valence-electron chi connectivity index (χ1n) is 2.07. The Hall–Kier alpha value is 2.28. The van der Waals surface area contributed by atoms with Gasteiger partial charge in [-0.2, -0.15) is 8.42 Å². The summed E-state index contributed by atoms with van der Waals surface area (Å²) in [6.45, 7) is 0. The zero-order valence-corrected chi connectivity index (χ0v) is 11.3. The number of halogens is 1. The van der Waals surface area contributed by atoms with Crippen molar-refractivity contribution < 1.29 is 13.0 Å². The van der Waals surface area contributed by atoms with Crippen LogP contribution in [0.3, 0.4) is 0 Å². The van der Waals surface area contributed by atoms with Gasteiger partial charge in [-0.25, -0.2) is 0 Å². The van der Waals surface area contributed by atoms with E-state index < -0.39 is 10.1 Å². The van der Waals surface area contributed by atoms with Crippen LogP contribution in [0.4, 0.5) is 0 Å². The second-order valence-electron chi connectivity index (χ2n) is 1.33. The van der Waals surface area contributed by atoms with Crippen molar-refractivity contribution in [1.82, 2.24) is 0 Å². The number of hydrogen-bond acceptors (Lipinski definition) is 2. The summed E-state index contributed by atoms with van der Waals surface area (Å²) < 4.78 is 28.8. The normalized spacial score (nSPS) is 10.4. The van der Waals surface area contributed by atoms with Crippen LogP contribution in [0.5, 0.6) is 0 Å². The van der Waals surface area contributed by atoms with E-state index >= 15 is 0 Å². The number of rotatable bonds is 3. The molecular weight excluding hydrogens is 282 g/mol. The fourth-order valence-electron chi connectivity index (χ4n) is 0.237. The summed E-state index contributed by atoms with van der Waals surface area (Å²) >= 11 is 2.05. The molecule has 0 atom stereocenters. The average Bonchev–Trinajstić information content (AvgIpc) is 1.59. The Morgan fingerprint density at radius 3 is 2.00 bits per heavy atom. The number of alkyl halides is 1. The van der Waals surface area contributed by atoms with Crippen molar-refractivity contribution in [3.05, 3.63) is 0 Å². The van der Waals surface area contributed by atoms with Gasteiger partial charge in [-0.05, 0) is 6.42 Å². The van der Waals surface area contributed by atoms with Crippen molar-refractivity contribution in [3.63, 3.8) is 0 Å². The summed E-state index contributed by atoms with van der Waals surface area (Å²) in [6, 6.07) is 0. The topological polar surface area (TPSA) is 54.4 Å². The minimum absolute atomic E-state index is 0. The van der Waals surface area contributed by atoms with Gasteiger partial charge < -0.3 is 0 Å². The molecule has 9 heavy (non-hydrogen) atoms. The Morgan fingerprint density at radius 1 is 1.44 bits per heavy atom. The van der Waals surface area contributed by atoms with Crippen LogP contribution in [0.25, 0.3) is 0 Å². The molecule has 0 spiro atoms. The smallest absolute Gasteiger partial charge is 0.264 e. The Labute approximate surface area is 111 Å². The molecule has 0 amide bonds. The van der Waals surface area contributed by atoms with Crippen LogP contribution in [0, 0.1) is 0 Å². The van der Waals surface area contributed by atoms with E-state index in [1.807, 2.05) is 0 Å². The molecule has 0 heterocycles. The summed E-state index contributed by atoms with van der Waals surface area (Å²) in [5.41, 5.74) is 0. The Balaban J connectivity index is 0. The van der Waals surface area contributed by atoms with Crippen LogP contribution < -0.4 is 0 Å². The van der Waals surface area contributed by atoms with Gasteiger partial charge in [0.15, 0.2) is 0 Å². The van der Waals surface area contributed by atoms with E-state index in [2.05, 4.69) is 22.6 Å². The first-order valence-corrected chi connectivity index (χ1v) is 5.21. The molecule has 0 rings (SSSR count). The van der Waals surface area contributed by atoms with Crippen LogP contribution in [0.2, 0.25) is 0 Å². The summed E-state index contributed by atoms with van der Waals surface area (Å²) in [7, 11) is -3.69. The first-order chi connectivity index (χ1) is 3.56. The molecule has 0 unspecified atom stereocenters. The predicted octanol–water partition coefficient (Wildman–Crippen LogP) is 0.319. The van der Waals surface area contributed by atoms with Gasteiger partial charge in [-0.1, -0.05) is 22.6 Å². The van der Waals surface area contributed by atoms with E-state index in [1.165, 1.54) is 0 Å². The molecule has 1 N–H and O–H groups in total. The maximum absolute atomic E-state index is 9.94. The van der Waals surface area contributed by atoms with Gasteiger partial charge >= 0.3 is 0 Å². The average molecular weight is 289 g/mol. The van der Waals surface area contributed by atoms with Crippen molar-refractivity contribution in [3.8, 4) is 0 Å². The van der Waals surface area contributed by atoms with Crippen LogP contribution in [-0.2, 0) is 10.1 Å². The SMILES string of the molecule is O=S(=O)(O)CCCI.[K]. The summed E-state index contributed by atoms with van der Waals surface area (Å²) in [4.78, 5) is 0. The van der Waals surface area contributed by atoms with Crippen LogP contribution in [-0.4, -0.2) is 74.5 Å². The Bertz CT molecular complexity index is 143. The molecule has 0 aromatic rings. The van der Waals surface area contributed by atoms with Crippen LogP contribution >= 0.6 is 22.6 Å². The van der Waals surface area contributed by atoms with E-state index in [9.17, 15) is 8.42 Å². The fourth-order valence-corrected chi connectivity index (χ4v) is 1.65. The molecular formula is C3H7IKO3S. The molecule has 1 radical (unpaired) electrons. The molecule has 0 aromatic carbocycles. The van der Waals surface area contributed by atoms with Crippen LogP contribution in [0.1, 0.15) is 6.42 Å². The van der Waals surface area contributed by atoms with Gasteiger partial charge in [0.25, 0.3) is 10.1 Å². The zero-order chi connectivity index (χ0) is 6.62. The van der Waals surface area contributed by atoms with Gasteiger partial charge in [0.2, 0.25) is 0 Å². The van der Waals surface area contributed by atoms with E-state index in [1.54, 1.807) is 0 Å². The van der Waals surface area contributed by atoms with Crippen molar-refractivity contribution in [2.75, 3.05) is 10.2 Å². The molecule has 3 nitrogen and oxygen atoms in total. The van der Waals surface area contributed by atoms with Crippen molar-refractivity contribution in [2.45, 2.75) is 6.42 Å². The van der Waals surface area contributed by atoms with Crippen molar-refractivity contribution in [2.24, 2.45) is 0 Å². The minimum atomic E-state index is -3.69. The molecule has 0 saturated carbocycles. The van der Waals surface area contributed by atoms with Gasteiger partial charge in [-0.15, -0.1) is 0 Å². The van der Waals surface area contributed by atoms with E-state index in [-0.39, 0.29) is 57.1 Å². The molecule has 0 aliphatic heterocycles. The molecule has 51 valence electrons. The van der Waals surface area contributed by atoms with E-state index in [0.29, 0.717) is 6.42 Å². The monoisotopic (exact) mass is 289 g/mol. The molecule has 0 aliphatic carbocycles. The van der Waals surface area contributed by atoms with Crippen LogP contribution in [0.15, 0.2) is 0 Å². The van der Waals surface area contributed by atoms with Gasteiger partial charge in [0, 0.05) is 55.8 Å². The van der Waals surface area contributed by atoms with E-state index in [4.69, 9.17) is 4.55 Å². The first kappa shape index (κ1) is 13.8. The standard InChI is InChI=1S/C3H7IO3S.K/c4-2-1-3-8(5,6)7;/h1-3H2,(H,5,6,7);. The molecule has 6 heteroatoms. The van der Waals surface area contributed by atoms with Gasteiger partial charge in [0.1, 0.15) is 0 Å². The zero-order valence-electron chi connectivity index (χ0n) is 5.17. The molecule has 0 bridgehead atoms. The largest absolute Gasteiger partial charge is 0.286 e. The van der Waals surface area contributed by atoms with Gasteiger partial charge in [-0.3, -0.25) is 4.55 Å². The summed E-state index contributed by atoms with van der Waals surface area (Å²) in [5, 5.41) is 0. The third-order valence-corrected chi connectivity index (χ3v) is 2.10. The maximum Gasteiger partial charge on any atom is 0.264 e. The van der Waals surface area contributed by atoms with E-state index in [0.717, 1.165) is 4.43 Å². The maximum atomic E-state index is 9.94. The third kappa shape index (κ3) is 13.3. The van der Waals surface area contributed by atoms with Gasteiger partial charge in [0.05, 0.1) is 5.75 Å². The Morgan fingerprint density at radius 2 is 1.89 bits per heavy atom. The molecule has 0 aromatic heterocycles. The second kappa shape index (κ2) is 6.95.